The molecule has 0 aromatic heterocycles. The molecule has 0 heterocycles. The van der Waals surface area contributed by atoms with Crippen molar-refractivity contribution in [2.24, 2.45) is 5.16 Å². The van der Waals surface area contributed by atoms with E-state index in [9.17, 15) is 4.79 Å². The highest BCUT2D eigenvalue weighted by Gasteiger charge is 2.06. The number of hydrogen-bond acceptors (Lipinski definition) is 4. The maximum Gasteiger partial charge on any atom is 0.331 e. The highest BCUT2D eigenvalue weighted by Crippen LogP contribution is 2.26. The topological polar surface area (TPSA) is 47.9 Å². The Hall–Kier alpha value is -2.62. The number of unbranched alkanes of at least 4 members (excludes halogenated alkanes) is 5. The zero-order chi connectivity index (χ0) is 19.3. The average Bonchev–Trinajstić information content (AvgIpc) is 2.68. The summed E-state index contributed by atoms with van der Waals surface area (Å²) in [5, 5.41) is 3.76. The Morgan fingerprint density at radius 2 is 1.70 bits per heavy atom. The highest BCUT2D eigenvalue weighted by molar-refractivity contribution is 5.86. The van der Waals surface area contributed by atoms with E-state index in [2.05, 4.69) is 24.2 Å². The summed E-state index contributed by atoms with van der Waals surface area (Å²) in [6.07, 6.45) is 8.86. The van der Waals surface area contributed by atoms with E-state index >= 15 is 0 Å². The monoisotopic (exact) mass is 367 g/mol. The number of oxime groups is 1. The van der Waals surface area contributed by atoms with E-state index in [4.69, 9.17) is 9.57 Å². The molecule has 0 saturated heterocycles. The van der Waals surface area contributed by atoms with Gasteiger partial charge in [-0.1, -0.05) is 80.6 Å². The van der Waals surface area contributed by atoms with Crippen molar-refractivity contribution in [3.8, 4) is 16.9 Å². The molecule has 2 aromatic carbocycles. The van der Waals surface area contributed by atoms with Crippen LogP contribution in [0.1, 0.15) is 57.9 Å². The largest absolute Gasteiger partial charge is 0.493 e. The van der Waals surface area contributed by atoms with Gasteiger partial charge in [-0.05, 0) is 29.7 Å². The van der Waals surface area contributed by atoms with E-state index in [-0.39, 0.29) is 0 Å². The fraction of sp³-hybridized carbons (Fsp3) is 0.391. The maximum absolute atomic E-state index is 11.0. The number of carbonyl (C=O) groups excluding carboxylic acids is 1. The smallest absolute Gasteiger partial charge is 0.331 e. The van der Waals surface area contributed by atoms with E-state index < -0.39 is 5.97 Å². The molecule has 0 unspecified atom stereocenters. The molecule has 4 heteroatoms. The number of carbonyl (C=O) groups is 1. The van der Waals surface area contributed by atoms with Crippen molar-refractivity contribution in [3.05, 3.63) is 54.1 Å². The van der Waals surface area contributed by atoms with Gasteiger partial charge in [0.25, 0.3) is 0 Å². The Morgan fingerprint density at radius 1 is 0.963 bits per heavy atom. The van der Waals surface area contributed by atoms with Gasteiger partial charge in [-0.25, -0.2) is 4.79 Å². The predicted molar refractivity (Wildman–Crippen MR) is 110 cm³/mol. The van der Waals surface area contributed by atoms with Crippen molar-refractivity contribution >= 4 is 12.2 Å². The number of benzene rings is 2. The minimum absolute atomic E-state index is 0.444. The molecule has 0 bridgehead atoms. The van der Waals surface area contributed by atoms with Crippen molar-refractivity contribution in [1.82, 2.24) is 0 Å². The summed E-state index contributed by atoms with van der Waals surface area (Å²) in [6, 6.07) is 16.1. The fourth-order valence-electron chi connectivity index (χ4n) is 2.81. The van der Waals surface area contributed by atoms with E-state index in [1.54, 1.807) is 0 Å². The Kier molecular flexibility index (Phi) is 9.11. The molecule has 0 amide bonds. The second-order valence-corrected chi connectivity index (χ2v) is 6.55. The number of ether oxygens (including phenoxy) is 1. The van der Waals surface area contributed by atoms with Crippen molar-refractivity contribution in [2.75, 3.05) is 6.61 Å². The third-order valence-electron chi connectivity index (χ3n) is 4.25. The minimum atomic E-state index is -0.444. The van der Waals surface area contributed by atoms with Crippen LogP contribution in [0.15, 0.2) is 53.7 Å². The molecule has 0 saturated carbocycles. The highest BCUT2D eigenvalue weighted by atomic mass is 16.7. The van der Waals surface area contributed by atoms with Crippen LogP contribution in [0.4, 0.5) is 0 Å². The molecule has 0 atom stereocenters. The third-order valence-corrected chi connectivity index (χ3v) is 4.25. The summed E-state index contributed by atoms with van der Waals surface area (Å²) in [5.74, 6) is 0.305. The van der Waals surface area contributed by atoms with Crippen molar-refractivity contribution in [2.45, 2.75) is 52.4 Å². The minimum Gasteiger partial charge on any atom is -0.493 e. The van der Waals surface area contributed by atoms with Gasteiger partial charge in [0.2, 0.25) is 0 Å². The lowest BCUT2D eigenvalue weighted by Gasteiger charge is -2.11. The van der Waals surface area contributed by atoms with E-state index in [1.165, 1.54) is 45.2 Å². The third kappa shape index (κ3) is 7.65. The van der Waals surface area contributed by atoms with Crippen molar-refractivity contribution in [1.29, 1.82) is 0 Å². The Bertz CT molecular complexity index is 726. The van der Waals surface area contributed by atoms with Gasteiger partial charge in [-0.3, -0.25) is 0 Å². The predicted octanol–water partition coefficient (Wildman–Crippen LogP) is 5.99. The molecule has 0 aliphatic carbocycles. The first-order chi connectivity index (χ1) is 13.2. The van der Waals surface area contributed by atoms with Gasteiger partial charge in [0.05, 0.1) is 12.8 Å². The molecule has 0 fully saturated rings. The Labute approximate surface area is 162 Å². The Balaban J connectivity index is 2.03. The lowest BCUT2D eigenvalue weighted by atomic mass is 10.0. The molecule has 2 aromatic rings. The lowest BCUT2D eigenvalue weighted by Crippen LogP contribution is -2.01. The summed E-state index contributed by atoms with van der Waals surface area (Å²) in [7, 11) is 0. The van der Waals surface area contributed by atoms with Gasteiger partial charge < -0.3 is 9.57 Å². The van der Waals surface area contributed by atoms with Crippen LogP contribution in [-0.4, -0.2) is 18.8 Å². The van der Waals surface area contributed by atoms with Crippen LogP contribution in [-0.2, 0) is 9.63 Å². The van der Waals surface area contributed by atoms with Crippen molar-refractivity contribution in [3.63, 3.8) is 0 Å². The summed E-state index contributed by atoms with van der Waals surface area (Å²) in [4.78, 5) is 15.7. The van der Waals surface area contributed by atoms with Crippen LogP contribution in [0, 0.1) is 0 Å². The van der Waals surface area contributed by atoms with Crippen LogP contribution in [0.3, 0.4) is 0 Å². The second kappa shape index (κ2) is 11.9. The molecule has 27 heavy (non-hydrogen) atoms. The van der Waals surface area contributed by atoms with Gasteiger partial charge >= 0.3 is 5.97 Å². The van der Waals surface area contributed by atoms with Crippen LogP contribution >= 0.6 is 0 Å². The van der Waals surface area contributed by atoms with E-state index in [0.717, 1.165) is 28.9 Å². The van der Waals surface area contributed by atoms with Gasteiger partial charge in [0, 0.05) is 12.5 Å². The molecule has 2 rings (SSSR count). The SMILES string of the molecule is CCCCCCCCOc1ccc(-c2ccccc2)cc1C=NOC(C)=O. The quantitative estimate of drug-likeness (QED) is 0.212. The van der Waals surface area contributed by atoms with Gasteiger partial charge in [0.15, 0.2) is 0 Å². The van der Waals surface area contributed by atoms with E-state index in [0.29, 0.717) is 6.61 Å². The molecule has 0 radical (unpaired) electrons. The fourth-order valence-corrected chi connectivity index (χ4v) is 2.81. The first-order valence-corrected chi connectivity index (χ1v) is 9.74. The average molecular weight is 367 g/mol. The summed E-state index contributed by atoms with van der Waals surface area (Å²) < 4.78 is 5.96. The summed E-state index contributed by atoms with van der Waals surface area (Å²) in [5.41, 5.74) is 2.97. The summed E-state index contributed by atoms with van der Waals surface area (Å²) in [6.45, 7) is 4.22. The second-order valence-electron chi connectivity index (χ2n) is 6.55. The van der Waals surface area contributed by atoms with Gasteiger partial charge in [-0.15, -0.1) is 0 Å². The zero-order valence-corrected chi connectivity index (χ0v) is 16.3. The molecule has 4 nitrogen and oxygen atoms in total. The number of nitrogens with zero attached hydrogens (tertiary/aromatic N) is 1. The molecule has 0 aliphatic heterocycles. The van der Waals surface area contributed by atoms with Gasteiger partial charge in [0.1, 0.15) is 5.75 Å². The molecular weight excluding hydrogens is 338 g/mol. The standard InChI is InChI=1S/C23H29NO3/c1-3-4-5-6-7-11-16-26-23-15-14-21(20-12-9-8-10-13-20)17-22(23)18-24-27-19(2)25/h8-10,12-15,17-18H,3-7,11,16H2,1-2H3. The molecular formula is C23H29NO3. The first kappa shape index (κ1) is 20.7. The normalized spacial score (nSPS) is 10.9. The van der Waals surface area contributed by atoms with Crippen LogP contribution < -0.4 is 4.74 Å². The molecule has 0 N–H and O–H groups in total. The molecule has 0 aliphatic rings. The van der Waals surface area contributed by atoms with Crippen molar-refractivity contribution < 1.29 is 14.4 Å². The van der Waals surface area contributed by atoms with Crippen LogP contribution in [0.2, 0.25) is 0 Å². The number of rotatable bonds is 11. The van der Waals surface area contributed by atoms with Gasteiger partial charge in [-0.2, -0.15) is 0 Å². The van der Waals surface area contributed by atoms with Crippen LogP contribution in [0.25, 0.3) is 11.1 Å². The first-order valence-electron chi connectivity index (χ1n) is 9.74. The molecule has 144 valence electrons. The molecule has 0 spiro atoms. The Morgan fingerprint density at radius 3 is 2.44 bits per heavy atom. The summed E-state index contributed by atoms with van der Waals surface area (Å²) >= 11 is 0. The number of hydrogen-bond donors (Lipinski definition) is 0. The zero-order valence-electron chi connectivity index (χ0n) is 16.3. The maximum atomic E-state index is 11.0. The van der Waals surface area contributed by atoms with E-state index in [1.807, 2.05) is 36.4 Å². The lowest BCUT2D eigenvalue weighted by molar-refractivity contribution is -0.140. The van der Waals surface area contributed by atoms with Crippen LogP contribution in [0.5, 0.6) is 5.75 Å².